The molecule has 29 heavy (non-hydrogen) atoms. The molecule has 0 aliphatic heterocycles. The summed E-state index contributed by atoms with van der Waals surface area (Å²) in [5, 5.41) is 8.89. The molecule has 1 aromatic heterocycles. The summed E-state index contributed by atoms with van der Waals surface area (Å²) in [7, 11) is 1.81. The molecule has 0 spiro atoms. The second kappa shape index (κ2) is 11.3. The third-order valence-electron chi connectivity index (χ3n) is 3.97. The van der Waals surface area contributed by atoms with Gasteiger partial charge < -0.3 is 10.1 Å². The number of anilines is 1. The molecular formula is C20H24ClF2N5O. The zero-order chi connectivity index (χ0) is 21.2. The molecule has 0 amide bonds. The van der Waals surface area contributed by atoms with E-state index in [-0.39, 0.29) is 10.8 Å². The van der Waals surface area contributed by atoms with Crippen molar-refractivity contribution in [2.24, 2.45) is 5.10 Å². The minimum absolute atomic E-state index is 0.166. The largest absolute Gasteiger partial charge is 0.480 e. The number of nitrogens with one attached hydrogen (secondary N) is 1. The molecule has 0 saturated carbocycles. The van der Waals surface area contributed by atoms with E-state index < -0.39 is 12.1 Å². The van der Waals surface area contributed by atoms with Crippen LogP contribution in [0.3, 0.4) is 0 Å². The van der Waals surface area contributed by atoms with Crippen LogP contribution in [0, 0.1) is 0 Å². The van der Waals surface area contributed by atoms with E-state index in [1.807, 2.05) is 44.3 Å². The molecule has 0 radical (unpaired) electrons. The molecule has 0 unspecified atom stereocenters. The van der Waals surface area contributed by atoms with Gasteiger partial charge >= 0.3 is 0 Å². The fourth-order valence-corrected chi connectivity index (χ4v) is 2.62. The lowest BCUT2D eigenvalue weighted by Crippen LogP contribution is -2.16. The monoisotopic (exact) mass is 423 g/mol. The molecule has 2 rings (SSSR count). The Balaban J connectivity index is 1.82. The van der Waals surface area contributed by atoms with E-state index >= 15 is 0 Å². The standard InChI is InChI=1S/C20H24ClF2N5O/c1-4-16(27-28(3)14(2)15-9-6-5-7-10-15)29-12-8-11-24-20-17(21)18(19(22)23)25-13-26-20/h5-7,9-10,13,19H,2,4,8,11-12H2,1,3H3,(H,24,25,26)/b27-16+. The van der Waals surface area contributed by atoms with E-state index in [4.69, 9.17) is 16.3 Å². The van der Waals surface area contributed by atoms with Gasteiger partial charge in [0.1, 0.15) is 22.9 Å². The lowest BCUT2D eigenvalue weighted by Gasteiger charge is -2.18. The fourth-order valence-electron chi connectivity index (χ4n) is 2.37. The normalized spacial score (nSPS) is 11.4. The molecule has 6 nitrogen and oxygen atoms in total. The SMILES string of the molecule is C=C(c1ccccc1)N(C)/N=C(\CC)OCCCNc1ncnc(C(F)F)c1Cl. The van der Waals surface area contributed by atoms with E-state index in [1.54, 1.807) is 5.01 Å². The zero-order valence-corrected chi connectivity index (χ0v) is 17.2. The van der Waals surface area contributed by atoms with Gasteiger partial charge in [-0.1, -0.05) is 55.4 Å². The quantitative estimate of drug-likeness (QED) is 0.246. The summed E-state index contributed by atoms with van der Waals surface area (Å²) < 4.78 is 31.3. The predicted octanol–water partition coefficient (Wildman–Crippen LogP) is 5.21. The van der Waals surface area contributed by atoms with Crippen LogP contribution in [0.2, 0.25) is 5.02 Å². The number of nitrogens with zero attached hydrogens (tertiary/aromatic N) is 4. The molecule has 0 aliphatic rings. The van der Waals surface area contributed by atoms with Gasteiger partial charge in [0, 0.05) is 20.0 Å². The van der Waals surface area contributed by atoms with Crippen molar-refractivity contribution in [2.45, 2.75) is 26.2 Å². The summed E-state index contributed by atoms with van der Waals surface area (Å²) in [5.74, 6) is 0.755. The van der Waals surface area contributed by atoms with Crippen molar-refractivity contribution in [3.63, 3.8) is 0 Å². The Labute approximate surface area is 174 Å². The van der Waals surface area contributed by atoms with Gasteiger partial charge in [0.05, 0.1) is 12.3 Å². The molecular weight excluding hydrogens is 400 g/mol. The Morgan fingerprint density at radius 2 is 2.03 bits per heavy atom. The average molecular weight is 424 g/mol. The minimum atomic E-state index is -2.75. The van der Waals surface area contributed by atoms with Crippen LogP contribution in [0.4, 0.5) is 14.6 Å². The van der Waals surface area contributed by atoms with Crippen molar-refractivity contribution in [3.8, 4) is 0 Å². The topological polar surface area (TPSA) is 62.6 Å². The molecule has 0 bridgehead atoms. The van der Waals surface area contributed by atoms with E-state index in [1.165, 1.54) is 0 Å². The van der Waals surface area contributed by atoms with Crippen LogP contribution in [0.25, 0.3) is 5.70 Å². The molecule has 1 heterocycles. The van der Waals surface area contributed by atoms with Gasteiger partial charge in [0.15, 0.2) is 0 Å². The highest BCUT2D eigenvalue weighted by atomic mass is 35.5. The molecule has 156 valence electrons. The van der Waals surface area contributed by atoms with Crippen LogP contribution in [-0.2, 0) is 4.74 Å². The van der Waals surface area contributed by atoms with Crippen LogP contribution < -0.4 is 5.32 Å². The minimum Gasteiger partial charge on any atom is -0.480 e. The highest BCUT2D eigenvalue weighted by Crippen LogP contribution is 2.29. The number of alkyl halides is 2. The fraction of sp³-hybridized carbons (Fsp3) is 0.350. The van der Waals surface area contributed by atoms with Gasteiger partial charge in [-0.05, 0) is 12.0 Å². The number of hydrazone groups is 1. The highest BCUT2D eigenvalue weighted by molar-refractivity contribution is 6.33. The molecule has 0 atom stereocenters. The van der Waals surface area contributed by atoms with E-state index in [0.29, 0.717) is 31.9 Å². The first-order chi connectivity index (χ1) is 13.9. The number of benzene rings is 1. The number of hydrogen-bond acceptors (Lipinski definition) is 6. The van der Waals surface area contributed by atoms with Gasteiger partial charge in [0.25, 0.3) is 6.43 Å². The smallest absolute Gasteiger partial charge is 0.282 e. The van der Waals surface area contributed by atoms with Crippen LogP contribution in [0.5, 0.6) is 0 Å². The molecule has 0 fully saturated rings. The maximum atomic E-state index is 12.8. The Hall–Kier alpha value is -2.74. The summed E-state index contributed by atoms with van der Waals surface area (Å²) in [6, 6.07) is 9.75. The van der Waals surface area contributed by atoms with Gasteiger partial charge in [-0.3, -0.25) is 5.01 Å². The van der Waals surface area contributed by atoms with Crippen molar-refractivity contribution in [1.29, 1.82) is 0 Å². The van der Waals surface area contributed by atoms with E-state index in [9.17, 15) is 8.78 Å². The van der Waals surface area contributed by atoms with Crippen molar-refractivity contribution < 1.29 is 13.5 Å². The molecule has 1 aromatic carbocycles. The van der Waals surface area contributed by atoms with Crippen LogP contribution in [0.1, 0.15) is 37.4 Å². The zero-order valence-electron chi connectivity index (χ0n) is 16.4. The summed E-state index contributed by atoms with van der Waals surface area (Å²) in [4.78, 5) is 7.38. The Bertz CT molecular complexity index is 833. The van der Waals surface area contributed by atoms with Gasteiger partial charge in [0.2, 0.25) is 5.90 Å². The summed E-state index contributed by atoms with van der Waals surface area (Å²) in [6.45, 7) is 6.85. The molecule has 1 N–H and O–H groups in total. The van der Waals surface area contributed by atoms with Crippen molar-refractivity contribution >= 4 is 29.0 Å². The van der Waals surface area contributed by atoms with Crippen LogP contribution in [-0.4, -0.2) is 41.1 Å². The maximum absolute atomic E-state index is 12.8. The predicted molar refractivity (Wildman–Crippen MR) is 112 cm³/mol. The number of ether oxygens (including phenoxy) is 1. The van der Waals surface area contributed by atoms with Gasteiger partial charge in [-0.15, -0.1) is 5.10 Å². The lowest BCUT2D eigenvalue weighted by atomic mass is 10.2. The van der Waals surface area contributed by atoms with Crippen LogP contribution >= 0.6 is 11.6 Å². The summed E-state index contributed by atoms with van der Waals surface area (Å²) >= 11 is 5.90. The number of rotatable bonds is 10. The number of halogens is 3. The highest BCUT2D eigenvalue weighted by Gasteiger charge is 2.17. The number of hydrogen-bond donors (Lipinski definition) is 1. The van der Waals surface area contributed by atoms with E-state index in [2.05, 4.69) is 27.0 Å². The lowest BCUT2D eigenvalue weighted by molar-refractivity contribution is 0.146. The van der Waals surface area contributed by atoms with Gasteiger partial charge in [-0.25, -0.2) is 18.7 Å². The molecule has 2 aromatic rings. The van der Waals surface area contributed by atoms with Crippen molar-refractivity contribution in [1.82, 2.24) is 15.0 Å². The Kier molecular flexibility index (Phi) is 8.79. The van der Waals surface area contributed by atoms with Crippen molar-refractivity contribution in [3.05, 3.63) is 59.5 Å². The average Bonchev–Trinajstić information content (AvgIpc) is 2.73. The molecule has 9 heteroatoms. The van der Waals surface area contributed by atoms with E-state index in [0.717, 1.165) is 17.6 Å². The first kappa shape index (κ1) is 22.5. The second-order valence-electron chi connectivity index (χ2n) is 6.03. The summed E-state index contributed by atoms with van der Waals surface area (Å²) in [5.41, 5.74) is 1.25. The Morgan fingerprint density at radius 1 is 1.31 bits per heavy atom. The third kappa shape index (κ3) is 6.67. The molecule has 0 saturated heterocycles. The second-order valence-corrected chi connectivity index (χ2v) is 6.41. The summed E-state index contributed by atoms with van der Waals surface area (Å²) in [6.07, 6.45) is -0.466. The molecule has 0 aliphatic carbocycles. The van der Waals surface area contributed by atoms with Crippen molar-refractivity contribution in [2.75, 3.05) is 25.5 Å². The first-order valence-electron chi connectivity index (χ1n) is 9.14. The third-order valence-corrected chi connectivity index (χ3v) is 4.34. The van der Waals surface area contributed by atoms with Gasteiger partial charge in [-0.2, -0.15) is 0 Å². The first-order valence-corrected chi connectivity index (χ1v) is 9.52. The Morgan fingerprint density at radius 3 is 2.69 bits per heavy atom. The maximum Gasteiger partial charge on any atom is 0.282 e. The number of aromatic nitrogens is 2. The van der Waals surface area contributed by atoms with Crippen LogP contribution in [0.15, 0.2) is 48.3 Å².